The summed E-state index contributed by atoms with van der Waals surface area (Å²) in [7, 11) is 0. The largest absolute Gasteiger partial charge is 0.388 e. The molecule has 1 heterocycles. The van der Waals surface area contributed by atoms with Gasteiger partial charge in [0, 0.05) is 0 Å². The molecule has 1 aromatic carbocycles. The van der Waals surface area contributed by atoms with E-state index in [1.165, 1.54) is 0 Å². The van der Waals surface area contributed by atoms with Crippen molar-refractivity contribution in [3.63, 3.8) is 0 Å². The third-order valence-corrected chi connectivity index (χ3v) is 3.09. The van der Waals surface area contributed by atoms with Crippen LogP contribution in [0, 0.1) is 0 Å². The zero-order valence-electron chi connectivity index (χ0n) is 11.2. The molecule has 110 valence electrons. The molecule has 0 saturated carbocycles. The molecule has 1 aliphatic rings. The van der Waals surface area contributed by atoms with Crippen LogP contribution in [0.4, 0.5) is 0 Å². The molecule has 1 saturated heterocycles. The summed E-state index contributed by atoms with van der Waals surface area (Å²) in [6.07, 6.45) is -1.89. The van der Waals surface area contributed by atoms with Crippen molar-refractivity contribution >= 4 is 0 Å². The second-order valence-electron chi connectivity index (χ2n) is 4.64. The van der Waals surface area contributed by atoms with Crippen molar-refractivity contribution < 1.29 is 24.4 Å². The minimum Gasteiger partial charge on any atom is -0.388 e. The fourth-order valence-corrected chi connectivity index (χ4v) is 2.06. The first-order valence-corrected chi connectivity index (χ1v) is 6.58. The normalized spacial score (nSPS) is 30.1. The molecular formula is C15H20O5. The molecule has 0 amide bonds. The Morgan fingerprint density at radius 3 is 2.70 bits per heavy atom. The summed E-state index contributed by atoms with van der Waals surface area (Å²) in [4.78, 5) is 0. The van der Waals surface area contributed by atoms with E-state index in [4.69, 9.17) is 14.2 Å². The number of rotatable bonds is 6. The second-order valence-corrected chi connectivity index (χ2v) is 4.64. The fraction of sp³-hybridized carbons (Fsp3) is 0.467. The Bertz CT molecular complexity index is 408. The molecule has 2 N–H and O–H groups in total. The molecule has 5 heteroatoms. The molecule has 20 heavy (non-hydrogen) atoms. The van der Waals surface area contributed by atoms with E-state index in [-0.39, 0.29) is 13.2 Å². The van der Waals surface area contributed by atoms with Crippen LogP contribution in [0.15, 0.2) is 43.0 Å². The summed E-state index contributed by atoms with van der Waals surface area (Å²) < 4.78 is 16.1. The second kappa shape index (κ2) is 7.52. The zero-order chi connectivity index (χ0) is 14.4. The van der Waals surface area contributed by atoms with E-state index >= 15 is 0 Å². The van der Waals surface area contributed by atoms with Gasteiger partial charge in [0.2, 0.25) is 0 Å². The van der Waals surface area contributed by atoms with Gasteiger partial charge in [-0.1, -0.05) is 36.4 Å². The van der Waals surface area contributed by atoms with Crippen molar-refractivity contribution in [3.05, 3.63) is 48.6 Å². The molecule has 1 aromatic rings. The maximum atomic E-state index is 10.1. The molecule has 0 radical (unpaired) electrons. The molecule has 0 bridgehead atoms. The number of hydrogen-bond acceptors (Lipinski definition) is 5. The van der Waals surface area contributed by atoms with Crippen LogP contribution in [0.2, 0.25) is 0 Å². The van der Waals surface area contributed by atoms with Crippen LogP contribution in [-0.4, -0.2) is 48.0 Å². The average molecular weight is 280 g/mol. The molecule has 2 rings (SSSR count). The van der Waals surface area contributed by atoms with Crippen molar-refractivity contribution in [1.29, 1.82) is 0 Å². The molecule has 1 aliphatic heterocycles. The summed E-state index contributed by atoms with van der Waals surface area (Å²) in [5, 5.41) is 20.0. The lowest BCUT2D eigenvalue weighted by molar-refractivity contribution is -0.276. The van der Waals surface area contributed by atoms with Crippen molar-refractivity contribution in [1.82, 2.24) is 0 Å². The van der Waals surface area contributed by atoms with Gasteiger partial charge in [0.05, 0.1) is 19.8 Å². The molecule has 4 atom stereocenters. The zero-order valence-corrected chi connectivity index (χ0v) is 11.2. The Morgan fingerprint density at radius 2 is 2.00 bits per heavy atom. The van der Waals surface area contributed by atoms with Crippen LogP contribution >= 0.6 is 0 Å². The lowest BCUT2D eigenvalue weighted by Gasteiger charge is -2.37. The Hall–Kier alpha value is -1.24. The predicted octanol–water partition coefficient (Wildman–Crippen LogP) is 0.853. The van der Waals surface area contributed by atoms with Gasteiger partial charge < -0.3 is 24.4 Å². The minimum absolute atomic E-state index is 0.0678. The molecule has 0 aromatic heterocycles. The highest BCUT2D eigenvalue weighted by Gasteiger charge is 2.40. The number of benzene rings is 1. The summed E-state index contributed by atoms with van der Waals surface area (Å²) in [6.45, 7) is 4.19. The van der Waals surface area contributed by atoms with Gasteiger partial charge in [-0.3, -0.25) is 0 Å². The Morgan fingerprint density at radius 1 is 1.25 bits per heavy atom. The van der Waals surface area contributed by atoms with Crippen molar-refractivity contribution in [2.24, 2.45) is 0 Å². The van der Waals surface area contributed by atoms with E-state index in [0.29, 0.717) is 6.61 Å². The lowest BCUT2D eigenvalue weighted by Crippen LogP contribution is -2.54. The maximum Gasteiger partial charge on any atom is 0.186 e. The smallest absolute Gasteiger partial charge is 0.186 e. The highest BCUT2D eigenvalue weighted by atomic mass is 16.7. The summed E-state index contributed by atoms with van der Waals surface area (Å²) >= 11 is 0. The van der Waals surface area contributed by atoms with E-state index in [9.17, 15) is 10.2 Å². The number of aliphatic hydroxyl groups is 2. The number of aliphatic hydroxyl groups excluding tert-OH is 2. The van der Waals surface area contributed by atoms with E-state index in [1.807, 2.05) is 30.3 Å². The van der Waals surface area contributed by atoms with E-state index in [1.54, 1.807) is 6.08 Å². The highest BCUT2D eigenvalue weighted by molar-refractivity contribution is 5.13. The fourth-order valence-electron chi connectivity index (χ4n) is 2.06. The van der Waals surface area contributed by atoms with Crippen molar-refractivity contribution in [2.75, 3.05) is 13.2 Å². The lowest BCUT2D eigenvalue weighted by atomic mass is 10.1. The first-order valence-electron chi connectivity index (χ1n) is 6.58. The van der Waals surface area contributed by atoms with Gasteiger partial charge in [-0.25, -0.2) is 0 Å². The molecule has 0 aliphatic carbocycles. The average Bonchev–Trinajstić information content (AvgIpc) is 2.47. The first-order chi connectivity index (χ1) is 9.72. The minimum atomic E-state index is -1.04. The summed E-state index contributed by atoms with van der Waals surface area (Å²) in [5.41, 5.74) is 0.974. The SMILES string of the molecule is C=CCOC1OCC(O)C(OCc2ccccc2)C1O. The quantitative estimate of drug-likeness (QED) is 0.756. The third kappa shape index (κ3) is 3.88. The van der Waals surface area contributed by atoms with Gasteiger partial charge in [0.25, 0.3) is 0 Å². The van der Waals surface area contributed by atoms with Crippen LogP contribution in [0.1, 0.15) is 5.56 Å². The molecule has 4 unspecified atom stereocenters. The Kier molecular flexibility index (Phi) is 5.70. The van der Waals surface area contributed by atoms with Gasteiger partial charge in [-0.15, -0.1) is 6.58 Å². The van der Waals surface area contributed by atoms with Crippen LogP contribution in [-0.2, 0) is 20.8 Å². The van der Waals surface area contributed by atoms with Crippen LogP contribution < -0.4 is 0 Å². The highest BCUT2D eigenvalue weighted by Crippen LogP contribution is 2.20. The maximum absolute atomic E-state index is 10.1. The van der Waals surface area contributed by atoms with Crippen LogP contribution in [0.25, 0.3) is 0 Å². The number of hydrogen-bond donors (Lipinski definition) is 2. The monoisotopic (exact) mass is 280 g/mol. The third-order valence-electron chi connectivity index (χ3n) is 3.09. The Labute approximate surface area is 118 Å². The standard InChI is InChI=1S/C15H20O5/c1-2-8-18-15-13(17)14(12(16)10-20-15)19-9-11-6-4-3-5-7-11/h2-7,12-17H,1,8-10H2. The van der Waals surface area contributed by atoms with Gasteiger partial charge >= 0.3 is 0 Å². The molecular weight excluding hydrogens is 260 g/mol. The van der Waals surface area contributed by atoms with Crippen LogP contribution in [0.3, 0.4) is 0 Å². The van der Waals surface area contributed by atoms with Crippen molar-refractivity contribution in [3.8, 4) is 0 Å². The van der Waals surface area contributed by atoms with Gasteiger partial charge in [-0.05, 0) is 5.56 Å². The summed E-state index contributed by atoms with van der Waals surface area (Å²) in [5.74, 6) is 0. The topological polar surface area (TPSA) is 68.2 Å². The molecule has 1 fully saturated rings. The first kappa shape index (κ1) is 15.2. The number of ether oxygens (including phenoxy) is 3. The molecule has 0 spiro atoms. The van der Waals surface area contributed by atoms with Gasteiger partial charge in [-0.2, -0.15) is 0 Å². The van der Waals surface area contributed by atoms with Crippen LogP contribution in [0.5, 0.6) is 0 Å². The van der Waals surface area contributed by atoms with Crippen molar-refractivity contribution in [2.45, 2.75) is 31.2 Å². The van der Waals surface area contributed by atoms with Gasteiger partial charge in [0.1, 0.15) is 18.3 Å². The van der Waals surface area contributed by atoms with E-state index in [0.717, 1.165) is 5.56 Å². The predicted molar refractivity (Wildman–Crippen MR) is 72.9 cm³/mol. The summed E-state index contributed by atoms with van der Waals surface area (Å²) in [6, 6.07) is 9.57. The Balaban J connectivity index is 1.91. The molecule has 5 nitrogen and oxygen atoms in total. The van der Waals surface area contributed by atoms with E-state index < -0.39 is 24.6 Å². The van der Waals surface area contributed by atoms with E-state index in [2.05, 4.69) is 6.58 Å². The van der Waals surface area contributed by atoms with Gasteiger partial charge in [0.15, 0.2) is 6.29 Å².